The standard InChI is InChI=1S/C10H16O6/c1-10(2)15-8-5(12)4(11)7(14-3)6(13)9(8)16-10/h4-5,7-9,11-12H,1-3H3/t4-,5+,7+,8-,9+/m0/s1. The van der Waals surface area contributed by atoms with Gasteiger partial charge in [0.15, 0.2) is 17.7 Å². The van der Waals surface area contributed by atoms with Gasteiger partial charge < -0.3 is 24.4 Å². The highest BCUT2D eigenvalue weighted by molar-refractivity contribution is 5.90. The number of Topliss-reactive ketones (excluding diaryl/α,β-unsaturated/α-hetero) is 1. The second kappa shape index (κ2) is 3.75. The highest BCUT2D eigenvalue weighted by Crippen LogP contribution is 2.36. The van der Waals surface area contributed by atoms with E-state index in [1.807, 2.05) is 0 Å². The topological polar surface area (TPSA) is 85.2 Å². The molecule has 2 fully saturated rings. The van der Waals surface area contributed by atoms with Gasteiger partial charge >= 0.3 is 0 Å². The molecule has 0 aromatic carbocycles. The summed E-state index contributed by atoms with van der Waals surface area (Å²) < 4.78 is 15.7. The third-order valence-electron chi connectivity index (χ3n) is 2.94. The first-order chi connectivity index (χ1) is 7.37. The molecule has 2 rings (SSSR count). The first-order valence-electron chi connectivity index (χ1n) is 5.15. The molecule has 1 saturated heterocycles. The Labute approximate surface area is 93.1 Å². The second-order valence-corrected chi connectivity index (χ2v) is 4.56. The van der Waals surface area contributed by atoms with Gasteiger partial charge in [-0.3, -0.25) is 4.79 Å². The van der Waals surface area contributed by atoms with E-state index >= 15 is 0 Å². The first kappa shape index (κ1) is 11.9. The zero-order valence-corrected chi connectivity index (χ0v) is 9.41. The molecule has 0 amide bonds. The van der Waals surface area contributed by atoms with Crippen molar-refractivity contribution in [3.8, 4) is 0 Å². The van der Waals surface area contributed by atoms with Crippen LogP contribution in [-0.2, 0) is 19.0 Å². The molecule has 0 unspecified atom stereocenters. The van der Waals surface area contributed by atoms with Crippen LogP contribution in [-0.4, -0.2) is 59.4 Å². The van der Waals surface area contributed by atoms with E-state index in [1.165, 1.54) is 7.11 Å². The maximum Gasteiger partial charge on any atom is 0.195 e. The van der Waals surface area contributed by atoms with Gasteiger partial charge in [-0.15, -0.1) is 0 Å². The van der Waals surface area contributed by atoms with E-state index in [0.717, 1.165) is 0 Å². The second-order valence-electron chi connectivity index (χ2n) is 4.56. The van der Waals surface area contributed by atoms with Gasteiger partial charge in [-0.05, 0) is 13.8 Å². The Morgan fingerprint density at radius 3 is 2.44 bits per heavy atom. The van der Waals surface area contributed by atoms with Gasteiger partial charge in [-0.2, -0.15) is 0 Å². The van der Waals surface area contributed by atoms with E-state index in [4.69, 9.17) is 14.2 Å². The summed E-state index contributed by atoms with van der Waals surface area (Å²) >= 11 is 0. The van der Waals surface area contributed by atoms with Crippen molar-refractivity contribution in [3.63, 3.8) is 0 Å². The van der Waals surface area contributed by atoms with Crippen molar-refractivity contribution in [1.29, 1.82) is 0 Å². The van der Waals surface area contributed by atoms with E-state index < -0.39 is 42.1 Å². The van der Waals surface area contributed by atoms with Crippen LogP contribution in [0.25, 0.3) is 0 Å². The SMILES string of the molecule is CO[C@H]1C(=O)[C@H]2OC(C)(C)O[C@H]2[C@H](O)[C@@H]1O. The van der Waals surface area contributed by atoms with Gasteiger partial charge in [-0.1, -0.05) is 0 Å². The summed E-state index contributed by atoms with van der Waals surface area (Å²) in [7, 11) is 1.31. The number of ether oxygens (including phenoxy) is 3. The van der Waals surface area contributed by atoms with Crippen molar-refractivity contribution in [2.45, 2.75) is 50.2 Å². The zero-order valence-electron chi connectivity index (χ0n) is 9.41. The minimum atomic E-state index is -1.28. The molecule has 2 N–H and O–H groups in total. The van der Waals surface area contributed by atoms with Crippen molar-refractivity contribution >= 4 is 5.78 Å². The zero-order chi connectivity index (χ0) is 12.1. The molecule has 16 heavy (non-hydrogen) atoms. The van der Waals surface area contributed by atoms with E-state index in [1.54, 1.807) is 13.8 Å². The predicted molar refractivity (Wildman–Crippen MR) is 51.6 cm³/mol. The van der Waals surface area contributed by atoms with Crippen LogP contribution in [0.2, 0.25) is 0 Å². The van der Waals surface area contributed by atoms with E-state index in [0.29, 0.717) is 0 Å². The van der Waals surface area contributed by atoms with Crippen LogP contribution in [0.15, 0.2) is 0 Å². The largest absolute Gasteiger partial charge is 0.387 e. The molecule has 1 aliphatic heterocycles. The summed E-state index contributed by atoms with van der Waals surface area (Å²) in [6.07, 6.45) is -5.23. The molecule has 0 aromatic heterocycles. The molecular formula is C10H16O6. The van der Waals surface area contributed by atoms with Crippen molar-refractivity contribution in [1.82, 2.24) is 0 Å². The molecule has 5 atom stereocenters. The number of methoxy groups -OCH3 is 1. The van der Waals surface area contributed by atoms with E-state index in [-0.39, 0.29) is 0 Å². The monoisotopic (exact) mass is 232 g/mol. The normalized spacial score (nSPS) is 46.8. The Hall–Kier alpha value is -0.530. The van der Waals surface area contributed by atoms with Crippen molar-refractivity contribution in [3.05, 3.63) is 0 Å². The van der Waals surface area contributed by atoms with Crippen molar-refractivity contribution < 1.29 is 29.2 Å². The number of hydrogen-bond acceptors (Lipinski definition) is 6. The number of carbonyl (C=O) groups excluding carboxylic acids is 1. The molecule has 92 valence electrons. The highest BCUT2D eigenvalue weighted by atomic mass is 16.8. The number of ketones is 1. The maximum absolute atomic E-state index is 11.9. The summed E-state index contributed by atoms with van der Waals surface area (Å²) in [5, 5.41) is 19.5. The Morgan fingerprint density at radius 1 is 1.25 bits per heavy atom. The number of hydrogen-bond donors (Lipinski definition) is 2. The lowest BCUT2D eigenvalue weighted by Gasteiger charge is -2.35. The number of carbonyl (C=O) groups is 1. The average molecular weight is 232 g/mol. The number of aliphatic hydroxyl groups is 2. The fraction of sp³-hybridized carbons (Fsp3) is 0.900. The predicted octanol–water partition coefficient (Wildman–Crippen LogP) is -1.17. The van der Waals surface area contributed by atoms with Crippen LogP contribution in [0.4, 0.5) is 0 Å². The lowest BCUT2D eigenvalue weighted by molar-refractivity contribution is -0.174. The van der Waals surface area contributed by atoms with Crippen LogP contribution in [0, 0.1) is 0 Å². The molecule has 1 saturated carbocycles. The van der Waals surface area contributed by atoms with Crippen molar-refractivity contribution in [2.24, 2.45) is 0 Å². The van der Waals surface area contributed by atoms with Crippen LogP contribution in [0.3, 0.4) is 0 Å². The fourth-order valence-corrected chi connectivity index (χ4v) is 2.22. The smallest absolute Gasteiger partial charge is 0.195 e. The lowest BCUT2D eigenvalue weighted by Crippen LogP contribution is -2.61. The molecule has 0 bridgehead atoms. The molecule has 1 heterocycles. The van der Waals surface area contributed by atoms with Crippen molar-refractivity contribution in [2.75, 3.05) is 7.11 Å². The lowest BCUT2D eigenvalue weighted by atomic mass is 9.86. The summed E-state index contributed by atoms with van der Waals surface area (Å²) in [5.41, 5.74) is 0. The number of aliphatic hydroxyl groups excluding tert-OH is 2. The van der Waals surface area contributed by atoms with Gasteiger partial charge in [-0.25, -0.2) is 0 Å². The Balaban J connectivity index is 2.27. The molecule has 6 heteroatoms. The third-order valence-corrected chi connectivity index (χ3v) is 2.94. The molecule has 1 aliphatic carbocycles. The van der Waals surface area contributed by atoms with Gasteiger partial charge in [0.2, 0.25) is 0 Å². The molecule has 0 spiro atoms. The first-order valence-corrected chi connectivity index (χ1v) is 5.15. The summed E-state index contributed by atoms with van der Waals surface area (Å²) in [6, 6.07) is 0. The molecule has 2 aliphatic rings. The summed E-state index contributed by atoms with van der Waals surface area (Å²) in [6.45, 7) is 3.30. The van der Waals surface area contributed by atoms with Gasteiger partial charge in [0, 0.05) is 7.11 Å². The maximum atomic E-state index is 11.9. The molecule has 0 aromatic rings. The quantitative estimate of drug-likeness (QED) is 0.592. The highest BCUT2D eigenvalue weighted by Gasteiger charge is 2.57. The van der Waals surface area contributed by atoms with Crippen LogP contribution < -0.4 is 0 Å². The van der Waals surface area contributed by atoms with Crippen LogP contribution in [0.1, 0.15) is 13.8 Å². The molecule has 6 nitrogen and oxygen atoms in total. The Bertz CT molecular complexity index is 302. The minimum absolute atomic E-state index is 0.393. The minimum Gasteiger partial charge on any atom is -0.387 e. The number of rotatable bonds is 1. The third kappa shape index (κ3) is 1.66. The average Bonchev–Trinajstić information content (AvgIpc) is 2.52. The summed E-state index contributed by atoms with van der Waals surface area (Å²) in [5.74, 6) is -1.33. The summed E-state index contributed by atoms with van der Waals surface area (Å²) in [4.78, 5) is 11.9. The Kier molecular flexibility index (Phi) is 2.80. The Morgan fingerprint density at radius 2 is 1.88 bits per heavy atom. The van der Waals surface area contributed by atoms with E-state index in [2.05, 4.69) is 0 Å². The number of fused-ring (bicyclic) bond motifs is 1. The fourth-order valence-electron chi connectivity index (χ4n) is 2.22. The van der Waals surface area contributed by atoms with Gasteiger partial charge in [0.1, 0.15) is 24.4 Å². The van der Waals surface area contributed by atoms with Gasteiger partial charge in [0.05, 0.1) is 0 Å². The van der Waals surface area contributed by atoms with Gasteiger partial charge in [0.25, 0.3) is 0 Å². The molecule has 0 radical (unpaired) electrons. The molecular weight excluding hydrogens is 216 g/mol. The van der Waals surface area contributed by atoms with Crippen LogP contribution >= 0.6 is 0 Å². The van der Waals surface area contributed by atoms with Crippen LogP contribution in [0.5, 0.6) is 0 Å². The van der Waals surface area contributed by atoms with E-state index in [9.17, 15) is 15.0 Å².